The Balaban J connectivity index is 2.06. The van der Waals surface area contributed by atoms with E-state index in [9.17, 15) is 0 Å². The molecule has 102 valence electrons. The lowest BCUT2D eigenvalue weighted by Crippen LogP contribution is -2.16. The summed E-state index contributed by atoms with van der Waals surface area (Å²) in [5, 5.41) is 4.07. The molecular formula is C15H19ClN2O. The number of benzene rings is 1. The summed E-state index contributed by atoms with van der Waals surface area (Å²) in [4.78, 5) is 2.11. The van der Waals surface area contributed by atoms with Crippen LogP contribution in [0, 0.1) is 0 Å². The molecule has 2 aromatic rings. The quantitative estimate of drug-likeness (QED) is 0.874. The largest absolute Gasteiger partial charge is 0.467 e. The van der Waals surface area contributed by atoms with Gasteiger partial charge in [0.15, 0.2) is 0 Å². The average molecular weight is 279 g/mol. The molecule has 0 aliphatic carbocycles. The molecule has 19 heavy (non-hydrogen) atoms. The van der Waals surface area contributed by atoms with Crippen LogP contribution < -0.4 is 10.2 Å². The maximum Gasteiger partial charge on any atom is 0.123 e. The van der Waals surface area contributed by atoms with E-state index in [0.717, 1.165) is 41.7 Å². The summed E-state index contributed by atoms with van der Waals surface area (Å²) >= 11 is 6.30. The minimum Gasteiger partial charge on any atom is -0.467 e. The van der Waals surface area contributed by atoms with Gasteiger partial charge in [-0.05, 0) is 36.4 Å². The summed E-state index contributed by atoms with van der Waals surface area (Å²) < 4.78 is 5.35. The van der Waals surface area contributed by atoms with Crippen LogP contribution in [0.15, 0.2) is 41.0 Å². The van der Waals surface area contributed by atoms with E-state index in [1.165, 1.54) is 0 Å². The lowest BCUT2D eigenvalue weighted by atomic mass is 10.2. The molecule has 0 unspecified atom stereocenters. The third-order valence-electron chi connectivity index (χ3n) is 3.02. The van der Waals surface area contributed by atoms with E-state index in [0.29, 0.717) is 0 Å². The molecule has 1 N–H and O–H groups in total. The first-order chi connectivity index (χ1) is 9.20. The maximum absolute atomic E-state index is 6.30. The van der Waals surface area contributed by atoms with E-state index in [1.54, 1.807) is 6.26 Å². The predicted molar refractivity (Wildman–Crippen MR) is 79.6 cm³/mol. The lowest BCUT2D eigenvalue weighted by Gasteiger charge is -2.19. The standard InChI is InChI=1S/C15H19ClN2O/c1-3-17-10-12-6-7-13(9-15(12)16)18(2)11-14-5-4-8-19-14/h4-9,17H,3,10-11H2,1-2H3. The number of furan rings is 1. The Morgan fingerprint density at radius 1 is 1.32 bits per heavy atom. The highest BCUT2D eigenvalue weighted by Gasteiger charge is 2.07. The van der Waals surface area contributed by atoms with Crippen molar-refractivity contribution < 1.29 is 4.42 Å². The Hall–Kier alpha value is -1.45. The highest BCUT2D eigenvalue weighted by atomic mass is 35.5. The molecule has 1 heterocycles. The molecule has 0 aliphatic rings. The highest BCUT2D eigenvalue weighted by Crippen LogP contribution is 2.24. The lowest BCUT2D eigenvalue weighted by molar-refractivity contribution is 0.507. The van der Waals surface area contributed by atoms with Crippen molar-refractivity contribution in [3.05, 3.63) is 52.9 Å². The van der Waals surface area contributed by atoms with Crippen molar-refractivity contribution in [2.45, 2.75) is 20.0 Å². The first-order valence-corrected chi connectivity index (χ1v) is 6.81. The number of nitrogens with one attached hydrogen (secondary N) is 1. The van der Waals surface area contributed by atoms with Crippen LogP contribution in [-0.2, 0) is 13.1 Å². The third kappa shape index (κ3) is 3.75. The van der Waals surface area contributed by atoms with Gasteiger partial charge in [0.2, 0.25) is 0 Å². The van der Waals surface area contributed by atoms with E-state index < -0.39 is 0 Å². The predicted octanol–water partition coefficient (Wildman–Crippen LogP) is 3.68. The summed E-state index contributed by atoms with van der Waals surface area (Å²) in [6.45, 7) is 4.56. The van der Waals surface area contributed by atoms with Crippen molar-refractivity contribution in [2.24, 2.45) is 0 Å². The molecule has 0 bridgehead atoms. The second kappa shape index (κ2) is 6.64. The molecule has 0 saturated carbocycles. The topological polar surface area (TPSA) is 28.4 Å². The van der Waals surface area contributed by atoms with Gasteiger partial charge in [0.25, 0.3) is 0 Å². The number of halogens is 1. The van der Waals surface area contributed by atoms with Crippen molar-refractivity contribution >= 4 is 17.3 Å². The van der Waals surface area contributed by atoms with Crippen molar-refractivity contribution in [1.82, 2.24) is 5.32 Å². The van der Waals surface area contributed by atoms with Crippen molar-refractivity contribution in [1.29, 1.82) is 0 Å². The molecule has 1 aromatic heterocycles. The SMILES string of the molecule is CCNCc1ccc(N(C)Cc2ccco2)cc1Cl. The van der Waals surface area contributed by atoms with Gasteiger partial charge in [0, 0.05) is 24.3 Å². The fraction of sp³-hybridized carbons (Fsp3) is 0.333. The van der Waals surface area contributed by atoms with Crippen LogP contribution >= 0.6 is 11.6 Å². The molecule has 0 atom stereocenters. The van der Waals surface area contributed by atoms with Crippen LogP contribution in [0.3, 0.4) is 0 Å². The van der Waals surface area contributed by atoms with E-state index in [-0.39, 0.29) is 0 Å². The molecule has 2 rings (SSSR count). The molecule has 3 nitrogen and oxygen atoms in total. The van der Waals surface area contributed by atoms with Gasteiger partial charge in [0.1, 0.15) is 5.76 Å². The summed E-state index contributed by atoms with van der Waals surface area (Å²) in [7, 11) is 2.03. The van der Waals surface area contributed by atoms with Crippen molar-refractivity contribution in [2.75, 3.05) is 18.5 Å². The maximum atomic E-state index is 6.30. The third-order valence-corrected chi connectivity index (χ3v) is 3.37. The number of hydrogen-bond donors (Lipinski definition) is 1. The molecular weight excluding hydrogens is 260 g/mol. The zero-order chi connectivity index (χ0) is 13.7. The van der Waals surface area contributed by atoms with Crippen LogP contribution in [-0.4, -0.2) is 13.6 Å². The van der Waals surface area contributed by atoms with Gasteiger partial charge < -0.3 is 14.6 Å². The molecule has 0 spiro atoms. The number of anilines is 1. The van der Waals surface area contributed by atoms with Gasteiger partial charge in [0.05, 0.1) is 12.8 Å². The first-order valence-electron chi connectivity index (χ1n) is 6.43. The molecule has 0 aliphatic heterocycles. The summed E-state index contributed by atoms with van der Waals surface area (Å²) in [6.07, 6.45) is 1.69. The Morgan fingerprint density at radius 2 is 2.16 bits per heavy atom. The zero-order valence-electron chi connectivity index (χ0n) is 11.3. The van der Waals surface area contributed by atoms with Crippen LogP contribution in [0.5, 0.6) is 0 Å². The normalized spacial score (nSPS) is 10.7. The molecule has 4 heteroatoms. The van der Waals surface area contributed by atoms with Crippen LogP contribution in [0.2, 0.25) is 5.02 Å². The molecule has 0 fully saturated rings. The molecule has 0 amide bonds. The van der Waals surface area contributed by atoms with Gasteiger partial charge in [-0.25, -0.2) is 0 Å². The first kappa shape index (κ1) is 14.0. The fourth-order valence-corrected chi connectivity index (χ4v) is 2.15. The summed E-state index contributed by atoms with van der Waals surface area (Å²) in [5.41, 5.74) is 2.21. The number of nitrogens with zero attached hydrogens (tertiary/aromatic N) is 1. The van der Waals surface area contributed by atoms with E-state index in [1.807, 2.05) is 25.2 Å². The minimum absolute atomic E-state index is 0.732. The van der Waals surface area contributed by atoms with Gasteiger partial charge in [-0.1, -0.05) is 24.6 Å². The van der Waals surface area contributed by atoms with Gasteiger partial charge in [-0.15, -0.1) is 0 Å². The molecule has 0 radical (unpaired) electrons. The Labute approximate surface area is 119 Å². The smallest absolute Gasteiger partial charge is 0.123 e. The molecule has 1 aromatic carbocycles. The average Bonchev–Trinajstić information content (AvgIpc) is 2.90. The fourth-order valence-electron chi connectivity index (χ4n) is 1.90. The zero-order valence-corrected chi connectivity index (χ0v) is 12.1. The number of hydrogen-bond acceptors (Lipinski definition) is 3. The Kier molecular flexibility index (Phi) is 4.88. The van der Waals surface area contributed by atoms with Gasteiger partial charge >= 0.3 is 0 Å². The van der Waals surface area contributed by atoms with Crippen molar-refractivity contribution in [3.8, 4) is 0 Å². The van der Waals surface area contributed by atoms with E-state index >= 15 is 0 Å². The van der Waals surface area contributed by atoms with Crippen LogP contribution in [0.25, 0.3) is 0 Å². The monoisotopic (exact) mass is 278 g/mol. The van der Waals surface area contributed by atoms with Crippen LogP contribution in [0.4, 0.5) is 5.69 Å². The minimum atomic E-state index is 0.732. The second-order valence-corrected chi connectivity index (χ2v) is 4.90. The Bertz CT molecular complexity index is 511. The summed E-state index contributed by atoms with van der Waals surface area (Å²) in [5.74, 6) is 0.940. The van der Waals surface area contributed by atoms with Crippen LogP contribution in [0.1, 0.15) is 18.2 Å². The van der Waals surface area contributed by atoms with Gasteiger partial charge in [-0.2, -0.15) is 0 Å². The number of rotatable bonds is 6. The Morgan fingerprint density at radius 3 is 2.79 bits per heavy atom. The van der Waals surface area contributed by atoms with Gasteiger partial charge in [-0.3, -0.25) is 0 Å². The highest BCUT2D eigenvalue weighted by molar-refractivity contribution is 6.31. The van der Waals surface area contributed by atoms with Crippen molar-refractivity contribution in [3.63, 3.8) is 0 Å². The summed E-state index contributed by atoms with van der Waals surface area (Å²) in [6, 6.07) is 10.0. The second-order valence-electron chi connectivity index (χ2n) is 4.49. The van der Waals surface area contributed by atoms with E-state index in [2.05, 4.69) is 29.3 Å². The molecule has 0 saturated heterocycles. The van der Waals surface area contributed by atoms with E-state index in [4.69, 9.17) is 16.0 Å².